The van der Waals surface area contributed by atoms with Gasteiger partial charge in [0.1, 0.15) is 0 Å². The van der Waals surface area contributed by atoms with Gasteiger partial charge in [-0.15, -0.1) is 0 Å². The first kappa shape index (κ1) is 31.6. The van der Waals surface area contributed by atoms with Gasteiger partial charge in [0, 0.05) is 34.1 Å². The highest BCUT2D eigenvalue weighted by molar-refractivity contribution is 5.83. The molecule has 2 heteroatoms. The van der Waals surface area contributed by atoms with Crippen molar-refractivity contribution in [1.82, 2.24) is 0 Å². The Kier molecular flexibility index (Phi) is 8.96. The summed E-state index contributed by atoms with van der Waals surface area (Å²) in [5, 5.41) is 0. The molecule has 8 rings (SSSR count). The average Bonchev–Trinajstić information content (AvgIpc) is 3.20. The van der Waals surface area contributed by atoms with Gasteiger partial charge in [-0.3, -0.25) is 0 Å². The van der Waals surface area contributed by atoms with E-state index in [0.29, 0.717) is 0 Å². The smallest absolute Gasteiger partial charge is 0.0467 e. The van der Waals surface area contributed by atoms with Crippen LogP contribution in [0.25, 0.3) is 33.4 Å². The van der Waals surface area contributed by atoms with Gasteiger partial charge in [0.25, 0.3) is 0 Å². The number of rotatable bonds is 9. The maximum atomic E-state index is 2.33. The van der Waals surface area contributed by atoms with Crippen LogP contribution in [0.2, 0.25) is 0 Å². The van der Waals surface area contributed by atoms with Crippen molar-refractivity contribution < 1.29 is 0 Å². The van der Waals surface area contributed by atoms with Crippen molar-refractivity contribution in [3.63, 3.8) is 0 Å². The third-order valence-electron chi connectivity index (χ3n) is 9.28. The second-order valence-electron chi connectivity index (χ2n) is 12.8. The molecule has 0 saturated heterocycles. The molecule has 244 valence electrons. The summed E-state index contributed by atoms with van der Waals surface area (Å²) in [6, 6.07) is 75.8. The van der Waals surface area contributed by atoms with Crippen LogP contribution in [0.1, 0.15) is 5.56 Å². The number of hydrogen-bond acceptors (Lipinski definition) is 2. The molecule has 0 spiro atoms. The lowest BCUT2D eigenvalue weighted by Gasteiger charge is -2.26. The van der Waals surface area contributed by atoms with Gasteiger partial charge in [0.05, 0.1) is 0 Å². The lowest BCUT2D eigenvalue weighted by molar-refractivity contribution is 1.27. The third-order valence-corrected chi connectivity index (χ3v) is 9.28. The first-order valence-corrected chi connectivity index (χ1v) is 17.4. The zero-order chi connectivity index (χ0) is 34.4. The van der Waals surface area contributed by atoms with Crippen LogP contribution in [0.3, 0.4) is 0 Å². The molecule has 0 aliphatic rings. The van der Waals surface area contributed by atoms with E-state index in [1.165, 1.54) is 38.9 Å². The van der Waals surface area contributed by atoms with Crippen molar-refractivity contribution in [2.24, 2.45) is 0 Å². The molecule has 8 aromatic rings. The SMILES string of the molecule is Cc1cccc(N(c2ccccc2)c2ccc(-c3cccc(-c4cccc(N(c5ccccc5)c5ccc(-c6ccccc6)cc5)c4)c3)cc2)c1. The Morgan fingerprint density at radius 1 is 0.235 bits per heavy atom. The number of nitrogens with zero attached hydrogens (tertiary/aromatic N) is 2. The highest BCUT2D eigenvalue weighted by atomic mass is 15.1. The minimum absolute atomic E-state index is 1.11. The largest absolute Gasteiger partial charge is 0.310 e. The number of anilines is 6. The van der Waals surface area contributed by atoms with Gasteiger partial charge in [-0.2, -0.15) is 0 Å². The van der Waals surface area contributed by atoms with Crippen molar-refractivity contribution in [2.45, 2.75) is 6.92 Å². The van der Waals surface area contributed by atoms with Crippen LogP contribution in [0.5, 0.6) is 0 Å². The Balaban J connectivity index is 1.11. The standard InChI is InChI=1S/C49H38N2/c1-37-14-11-24-48(34-37)50(44-20-7-3-8-21-44)46-32-28-40(29-33-46)41-17-12-18-42(35-41)43-19-13-25-49(36-43)51(45-22-9-4-10-23-45)47-30-26-39(27-31-47)38-15-5-2-6-16-38/h2-36H,1H3. The molecule has 8 aromatic carbocycles. The van der Waals surface area contributed by atoms with Gasteiger partial charge in [-0.1, -0.05) is 133 Å². The van der Waals surface area contributed by atoms with Crippen molar-refractivity contribution in [2.75, 3.05) is 9.80 Å². The fraction of sp³-hybridized carbons (Fsp3) is 0.0204. The Morgan fingerprint density at radius 2 is 0.569 bits per heavy atom. The molecule has 51 heavy (non-hydrogen) atoms. The maximum absolute atomic E-state index is 2.33. The fourth-order valence-corrected chi connectivity index (χ4v) is 6.75. The van der Waals surface area contributed by atoms with Crippen LogP contribution in [0.4, 0.5) is 34.1 Å². The minimum atomic E-state index is 1.11. The molecular weight excluding hydrogens is 617 g/mol. The van der Waals surface area contributed by atoms with E-state index in [2.05, 4.69) is 229 Å². The summed E-state index contributed by atoms with van der Waals surface area (Å²) < 4.78 is 0. The zero-order valence-electron chi connectivity index (χ0n) is 28.6. The Labute approximate surface area is 301 Å². The third kappa shape index (κ3) is 6.94. The summed E-state index contributed by atoms with van der Waals surface area (Å²) in [5.41, 5.74) is 15.1. The predicted molar refractivity (Wildman–Crippen MR) is 217 cm³/mol. The lowest BCUT2D eigenvalue weighted by atomic mass is 9.98. The van der Waals surface area contributed by atoms with Crippen LogP contribution < -0.4 is 9.80 Å². The topological polar surface area (TPSA) is 6.48 Å². The van der Waals surface area contributed by atoms with Crippen LogP contribution in [0.15, 0.2) is 212 Å². The summed E-state index contributed by atoms with van der Waals surface area (Å²) >= 11 is 0. The molecule has 0 aromatic heterocycles. The minimum Gasteiger partial charge on any atom is -0.310 e. The van der Waals surface area contributed by atoms with E-state index in [0.717, 1.165) is 34.1 Å². The average molecular weight is 655 g/mol. The molecular formula is C49H38N2. The Hall–Kier alpha value is -6.64. The first-order chi connectivity index (χ1) is 25.2. The second-order valence-corrected chi connectivity index (χ2v) is 12.8. The van der Waals surface area contributed by atoms with Gasteiger partial charge in [0.15, 0.2) is 0 Å². The van der Waals surface area contributed by atoms with Gasteiger partial charge in [-0.25, -0.2) is 0 Å². The lowest BCUT2D eigenvalue weighted by Crippen LogP contribution is -2.09. The van der Waals surface area contributed by atoms with Gasteiger partial charge in [0.2, 0.25) is 0 Å². The van der Waals surface area contributed by atoms with Crippen molar-refractivity contribution >= 4 is 34.1 Å². The normalized spacial score (nSPS) is 10.8. The van der Waals surface area contributed by atoms with Gasteiger partial charge >= 0.3 is 0 Å². The molecule has 0 aliphatic heterocycles. The fourth-order valence-electron chi connectivity index (χ4n) is 6.75. The molecule has 0 heterocycles. The number of hydrogen-bond donors (Lipinski definition) is 0. The maximum Gasteiger partial charge on any atom is 0.0467 e. The van der Waals surface area contributed by atoms with Gasteiger partial charge in [-0.05, 0) is 125 Å². The van der Waals surface area contributed by atoms with Crippen molar-refractivity contribution in [1.29, 1.82) is 0 Å². The molecule has 0 radical (unpaired) electrons. The predicted octanol–water partition coefficient (Wildman–Crippen LogP) is 13.9. The summed E-state index contributed by atoms with van der Waals surface area (Å²) in [6.07, 6.45) is 0. The highest BCUT2D eigenvalue weighted by Crippen LogP contribution is 2.39. The number of para-hydroxylation sites is 2. The van der Waals surface area contributed by atoms with Crippen molar-refractivity contribution in [3.8, 4) is 33.4 Å². The van der Waals surface area contributed by atoms with E-state index in [1.54, 1.807) is 0 Å². The highest BCUT2D eigenvalue weighted by Gasteiger charge is 2.15. The Morgan fingerprint density at radius 3 is 1.10 bits per heavy atom. The molecule has 2 nitrogen and oxygen atoms in total. The zero-order valence-corrected chi connectivity index (χ0v) is 28.6. The quantitative estimate of drug-likeness (QED) is 0.153. The van der Waals surface area contributed by atoms with E-state index < -0.39 is 0 Å². The van der Waals surface area contributed by atoms with E-state index in [4.69, 9.17) is 0 Å². The van der Waals surface area contributed by atoms with Gasteiger partial charge < -0.3 is 9.80 Å². The van der Waals surface area contributed by atoms with Crippen molar-refractivity contribution in [3.05, 3.63) is 218 Å². The van der Waals surface area contributed by atoms with Crippen LogP contribution in [0, 0.1) is 6.92 Å². The summed E-state index contributed by atoms with van der Waals surface area (Å²) in [5.74, 6) is 0. The molecule has 0 bridgehead atoms. The molecule has 0 fully saturated rings. The van der Waals surface area contributed by atoms with Crippen LogP contribution in [-0.2, 0) is 0 Å². The molecule has 0 amide bonds. The van der Waals surface area contributed by atoms with E-state index in [9.17, 15) is 0 Å². The second kappa shape index (κ2) is 14.5. The Bertz CT molecular complexity index is 2350. The molecule has 0 saturated carbocycles. The number of benzene rings is 8. The molecule has 0 atom stereocenters. The molecule has 0 aliphatic carbocycles. The van der Waals surface area contributed by atoms with Crippen LogP contribution >= 0.6 is 0 Å². The first-order valence-electron chi connectivity index (χ1n) is 17.4. The van der Waals surface area contributed by atoms with E-state index in [-0.39, 0.29) is 0 Å². The molecule has 0 N–H and O–H groups in total. The van der Waals surface area contributed by atoms with E-state index >= 15 is 0 Å². The summed E-state index contributed by atoms with van der Waals surface area (Å²) in [6.45, 7) is 2.14. The monoisotopic (exact) mass is 654 g/mol. The van der Waals surface area contributed by atoms with Crippen LogP contribution in [-0.4, -0.2) is 0 Å². The number of aryl methyl sites for hydroxylation is 1. The summed E-state index contributed by atoms with van der Waals surface area (Å²) in [4.78, 5) is 4.64. The van der Waals surface area contributed by atoms with E-state index in [1.807, 2.05) is 0 Å². The summed E-state index contributed by atoms with van der Waals surface area (Å²) in [7, 11) is 0. The molecule has 0 unspecified atom stereocenters.